The third-order valence-corrected chi connectivity index (χ3v) is 2.70. The Morgan fingerprint density at radius 1 is 1.26 bits per heavy atom. The molecule has 0 saturated heterocycles. The number of carbonyl (C=O) groups is 1. The quantitative estimate of drug-likeness (QED) is 0.757. The Morgan fingerprint density at radius 2 is 2.00 bits per heavy atom. The molecule has 0 atom stereocenters. The van der Waals surface area contributed by atoms with Gasteiger partial charge in [0.05, 0.1) is 11.8 Å². The molecule has 2 aromatic heterocycles. The number of pyridine rings is 1. The van der Waals surface area contributed by atoms with Crippen molar-refractivity contribution in [3.05, 3.63) is 54.0 Å². The van der Waals surface area contributed by atoms with Crippen LogP contribution >= 0.6 is 0 Å². The highest BCUT2D eigenvalue weighted by Crippen LogP contribution is 2.18. The predicted octanol–water partition coefficient (Wildman–Crippen LogP) is 1.63. The van der Waals surface area contributed by atoms with Gasteiger partial charge in [0, 0.05) is 5.56 Å². The van der Waals surface area contributed by atoms with Gasteiger partial charge in [0.1, 0.15) is 5.82 Å². The molecule has 2 N–H and O–H groups in total. The maximum Gasteiger partial charge on any atom is 0.252 e. The van der Waals surface area contributed by atoms with E-state index < -0.39 is 11.7 Å². The number of nitrogens with two attached hydrogens (primary N) is 1. The average Bonchev–Trinajstić information content (AvgIpc) is 2.82. The zero-order valence-electron chi connectivity index (χ0n) is 9.75. The molecule has 3 rings (SSSR count). The molecule has 5 nitrogen and oxygen atoms in total. The van der Waals surface area contributed by atoms with Gasteiger partial charge in [0.25, 0.3) is 5.91 Å². The minimum Gasteiger partial charge on any atom is -0.365 e. The van der Waals surface area contributed by atoms with Gasteiger partial charge >= 0.3 is 0 Å². The highest BCUT2D eigenvalue weighted by Gasteiger charge is 2.14. The number of benzene rings is 1. The van der Waals surface area contributed by atoms with E-state index in [0.717, 1.165) is 17.8 Å². The summed E-state index contributed by atoms with van der Waals surface area (Å²) < 4.78 is 14.6. The summed E-state index contributed by atoms with van der Waals surface area (Å²) in [6, 6.07) is 10.3. The molecule has 2 heterocycles. The summed E-state index contributed by atoms with van der Waals surface area (Å²) in [5, 5.41) is 4.14. The van der Waals surface area contributed by atoms with E-state index in [0.29, 0.717) is 5.82 Å². The van der Waals surface area contributed by atoms with Crippen molar-refractivity contribution in [3.63, 3.8) is 0 Å². The van der Waals surface area contributed by atoms with E-state index in [2.05, 4.69) is 10.1 Å². The van der Waals surface area contributed by atoms with Gasteiger partial charge in [0.15, 0.2) is 11.5 Å². The number of nitrogens with zero attached hydrogens (tertiary/aromatic N) is 3. The van der Waals surface area contributed by atoms with E-state index in [1.165, 1.54) is 4.52 Å². The number of carbonyl (C=O) groups excluding carboxylic acids is 1. The van der Waals surface area contributed by atoms with Crippen molar-refractivity contribution in [1.29, 1.82) is 0 Å². The van der Waals surface area contributed by atoms with E-state index in [1.54, 1.807) is 0 Å². The fourth-order valence-electron chi connectivity index (χ4n) is 1.84. The Labute approximate surface area is 107 Å². The number of rotatable bonds is 2. The number of hydrogen-bond acceptors (Lipinski definition) is 3. The zero-order chi connectivity index (χ0) is 13.4. The van der Waals surface area contributed by atoms with Crippen LogP contribution in [0, 0.1) is 5.82 Å². The molecule has 0 spiro atoms. The molecule has 0 aliphatic rings. The molecule has 0 aliphatic carbocycles. The first-order valence-electron chi connectivity index (χ1n) is 5.56. The molecule has 1 amide bonds. The summed E-state index contributed by atoms with van der Waals surface area (Å²) >= 11 is 0. The van der Waals surface area contributed by atoms with Gasteiger partial charge in [-0.3, -0.25) is 4.79 Å². The Hall–Kier alpha value is -2.76. The highest BCUT2D eigenvalue weighted by atomic mass is 19.1. The third kappa shape index (κ3) is 1.93. The lowest BCUT2D eigenvalue weighted by atomic mass is 10.2. The van der Waals surface area contributed by atoms with Crippen LogP contribution < -0.4 is 5.73 Å². The van der Waals surface area contributed by atoms with Crippen LogP contribution in [0.5, 0.6) is 0 Å². The molecule has 0 fully saturated rings. The second kappa shape index (κ2) is 4.16. The molecule has 3 aromatic rings. The number of aromatic nitrogens is 3. The maximum atomic E-state index is 13.4. The molecular formula is C13H9FN4O. The Kier molecular flexibility index (Phi) is 2.49. The van der Waals surface area contributed by atoms with Gasteiger partial charge in [-0.2, -0.15) is 0 Å². The first-order chi connectivity index (χ1) is 9.15. The Bertz CT molecular complexity index is 767. The van der Waals surface area contributed by atoms with Crippen molar-refractivity contribution in [2.45, 2.75) is 0 Å². The normalized spacial score (nSPS) is 10.8. The van der Waals surface area contributed by atoms with Crippen molar-refractivity contribution >= 4 is 11.6 Å². The SMILES string of the molecule is NC(=O)c1cc(F)cn2nc(-c3ccccc3)nc12. The molecule has 0 unspecified atom stereocenters. The van der Waals surface area contributed by atoms with Gasteiger partial charge in [-0.05, 0) is 6.07 Å². The van der Waals surface area contributed by atoms with Gasteiger partial charge in [0.2, 0.25) is 0 Å². The van der Waals surface area contributed by atoms with Gasteiger partial charge in [-0.1, -0.05) is 30.3 Å². The van der Waals surface area contributed by atoms with Crippen LogP contribution in [0.2, 0.25) is 0 Å². The van der Waals surface area contributed by atoms with E-state index in [1.807, 2.05) is 30.3 Å². The minimum absolute atomic E-state index is 0.00896. The zero-order valence-corrected chi connectivity index (χ0v) is 9.75. The van der Waals surface area contributed by atoms with E-state index in [9.17, 15) is 9.18 Å². The largest absolute Gasteiger partial charge is 0.365 e. The number of amides is 1. The standard InChI is InChI=1S/C13H9FN4O/c14-9-6-10(11(15)19)13-16-12(17-18(13)7-9)8-4-2-1-3-5-8/h1-7H,(H2,15,19). The van der Waals surface area contributed by atoms with Crippen molar-refractivity contribution in [2.24, 2.45) is 5.73 Å². The lowest BCUT2D eigenvalue weighted by Crippen LogP contribution is -2.13. The summed E-state index contributed by atoms with van der Waals surface area (Å²) in [6.07, 6.45) is 1.15. The Balaban J connectivity index is 2.26. The van der Waals surface area contributed by atoms with Crippen molar-refractivity contribution in [2.75, 3.05) is 0 Å². The lowest BCUT2D eigenvalue weighted by molar-refractivity contribution is 0.100. The van der Waals surface area contributed by atoms with Crippen molar-refractivity contribution < 1.29 is 9.18 Å². The van der Waals surface area contributed by atoms with Crippen molar-refractivity contribution in [1.82, 2.24) is 14.6 Å². The van der Waals surface area contributed by atoms with E-state index >= 15 is 0 Å². The maximum absolute atomic E-state index is 13.4. The summed E-state index contributed by atoms with van der Waals surface area (Å²) in [5.74, 6) is -0.920. The third-order valence-electron chi connectivity index (χ3n) is 2.70. The molecular weight excluding hydrogens is 247 g/mol. The fourth-order valence-corrected chi connectivity index (χ4v) is 1.84. The molecule has 0 bridgehead atoms. The van der Waals surface area contributed by atoms with Crippen LogP contribution in [0.25, 0.3) is 17.0 Å². The molecule has 19 heavy (non-hydrogen) atoms. The monoisotopic (exact) mass is 256 g/mol. The van der Waals surface area contributed by atoms with Crippen LogP contribution in [-0.2, 0) is 0 Å². The number of fused-ring (bicyclic) bond motifs is 1. The summed E-state index contributed by atoms with van der Waals surface area (Å²) in [6.45, 7) is 0. The number of halogens is 1. The fraction of sp³-hybridized carbons (Fsp3) is 0. The van der Waals surface area contributed by atoms with Gasteiger partial charge in [-0.25, -0.2) is 13.9 Å². The molecule has 94 valence electrons. The van der Waals surface area contributed by atoms with Gasteiger partial charge < -0.3 is 5.73 Å². The van der Waals surface area contributed by atoms with Gasteiger partial charge in [-0.15, -0.1) is 5.10 Å². The van der Waals surface area contributed by atoms with Crippen LogP contribution in [-0.4, -0.2) is 20.5 Å². The van der Waals surface area contributed by atoms with Crippen LogP contribution in [0.15, 0.2) is 42.6 Å². The number of hydrogen-bond donors (Lipinski definition) is 1. The summed E-state index contributed by atoms with van der Waals surface area (Å²) in [5.41, 5.74) is 6.24. The first kappa shape index (κ1) is 11.3. The topological polar surface area (TPSA) is 73.3 Å². The average molecular weight is 256 g/mol. The lowest BCUT2D eigenvalue weighted by Gasteiger charge is -1.97. The van der Waals surface area contributed by atoms with Crippen LogP contribution in [0.4, 0.5) is 4.39 Å². The Morgan fingerprint density at radius 3 is 2.68 bits per heavy atom. The minimum atomic E-state index is -0.739. The summed E-state index contributed by atoms with van der Waals surface area (Å²) in [4.78, 5) is 15.5. The number of primary amides is 1. The highest BCUT2D eigenvalue weighted by molar-refractivity contribution is 5.98. The predicted molar refractivity (Wildman–Crippen MR) is 66.9 cm³/mol. The summed E-state index contributed by atoms with van der Waals surface area (Å²) in [7, 11) is 0. The molecule has 0 aliphatic heterocycles. The second-order valence-electron chi connectivity index (χ2n) is 4.01. The second-order valence-corrected chi connectivity index (χ2v) is 4.01. The smallest absolute Gasteiger partial charge is 0.252 e. The van der Waals surface area contributed by atoms with Crippen molar-refractivity contribution in [3.8, 4) is 11.4 Å². The molecule has 0 radical (unpaired) electrons. The first-order valence-corrected chi connectivity index (χ1v) is 5.56. The van der Waals surface area contributed by atoms with E-state index in [-0.39, 0.29) is 11.2 Å². The molecule has 1 aromatic carbocycles. The van der Waals surface area contributed by atoms with E-state index in [4.69, 9.17) is 5.73 Å². The van der Waals surface area contributed by atoms with Crippen LogP contribution in [0.3, 0.4) is 0 Å². The molecule has 0 saturated carbocycles. The van der Waals surface area contributed by atoms with Crippen LogP contribution in [0.1, 0.15) is 10.4 Å². The molecule has 6 heteroatoms.